The molecule has 2 aliphatic rings. The van der Waals surface area contributed by atoms with Crippen LogP contribution in [-0.2, 0) is 19.5 Å². The number of nitrogens with zero attached hydrogens (tertiary/aromatic N) is 5. The zero-order valence-corrected chi connectivity index (χ0v) is 19.1. The first-order valence-corrected chi connectivity index (χ1v) is 11.7. The maximum Gasteiger partial charge on any atom is 0.269 e. The van der Waals surface area contributed by atoms with E-state index in [9.17, 15) is 18.9 Å². The van der Waals surface area contributed by atoms with Gasteiger partial charge < -0.3 is 9.64 Å². The Morgan fingerprint density at radius 1 is 1.03 bits per heavy atom. The molecule has 0 unspecified atom stereocenters. The zero-order chi connectivity index (χ0) is 24.4. The van der Waals surface area contributed by atoms with Crippen molar-refractivity contribution in [3.05, 3.63) is 81.0 Å². The Morgan fingerprint density at radius 2 is 1.86 bits per heavy atom. The van der Waals surface area contributed by atoms with Crippen molar-refractivity contribution in [2.45, 2.75) is 38.8 Å². The van der Waals surface area contributed by atoms with E-state index in [1.165, 1.54) is 12.1 Å². The van der Waals surface area contributed by atoms with Crippen LogP contribution in [-0.4, -0.2) is 39.4 Å². The van der Waals surface area contributed by atoms with Crippen LogP contribution >= 0.6 is 0 Å². The van der Waals surface area contributed by atoms with Crippen LogP contribution in [0, 0.1) is 21.7 Å². The van der Waals surface area contributed by atoms with Crippen molar-refractivity contribution in [3.63, 3.8) is 0 Å². The molecule has 0 N–H and O–H groups in total. The Bertz CT molecular complexity index is 1250. The van der Waals surface area contributed by atoms with Crippen LogP contribution in [0.4, 0.5) is 20.4 Å². The van der Waals surface area contributed by atoms with Gasteiger partial charge >= 0.3 is 0 Å². The van der Waals surface area contributed by atoms with E-state index in [1.807, 2.05) is 6.07 Å². The molecule has 10 heteroatoms. The first-order chi connectivity index (χ1) is 17.0. The van der Waals surface area contributed by atoms with Crippen molar-refractivity contribution in [2.75, 3.05) is 24.5 Å². The first kappa shape index (κ1) is 23.1. The molecule has 1 fully saturated rings. The molecule has 3 heterocycles. The molecule has 0 saturated carbocycles. The normalized spacial score (nSPS) is 16.1. The molecule has 0 spiro atoms. The molecular weight excluding hydrogens is 456 g/mol. The number of ether oxygens (including phenoxy) is 1. The number of hydrogen-bond acceptors (Lipinski definition) is 7. The Hall–Kier alpha value is -3.66. The third-order valence-corrected chi connectivity index (χ3v) is 6.36. The van der Waals surface area contributed by atoms with Crippen LogP contribution in [0.5, 0.6) is 11.6 Å². The number of non-ortho nitro benzene ring substituents is 1. The van der Waals surface area contributed by atoms with E-state index >= 15 is 0 Å². The highest BCUT2D eigenvalue weighted by Gasteiger charge is 2.27. The standard InChI is InChI=1S/C25H25F2N5O3/c26-18-7-8-23(21(27)14-18)35-24-20-16-30(15-17-5-4-6-19(13-17)32(33)34)12-9-22(20)28-25(29-24)31-10-2-1-3-11-31/h4-8,13-14H,1-3,9-12,15-16H2. The number of hydrogen-bond donors (Lipinski definition) is 0. The van der Waals surface area contributed by atoms with E-state index in [0.29, 0.717) is 32.0 Å². The van der Waals surface area contributed by atoms with Gasteiger partial charge in [0.05, 0.1) is 16.2 Å². The van der Waals surface area contributed by atoms with Crippen LogP contribution in [0.1, 0.15) is 36.1 Å². The third kappa shape index (κ3) is 5.22. The van der Waals surface area contributed by atoms with Crippen LogP contribution in [0.3, 0.4) is 0 Å². The minimum Gasteiger partial charge on any atom is -0.435 e. The van der Waals surface area contributed by atoms with Gasteiger partial charge in [0, 0.05) is 57.3 Å². The van der Waals surface area contributed by atoms with Gasteiger partial charge in [-0.2, -0.15) is 4.98 Å². The molecular formula is C25H25F2N5O3. The maximum absolute atomic E-state index is 14.4. The van der Waals surface area contributed by atoms with Gasteiger partial charge in [-0.15, -0.1) is 0 Å². The van der Waals surface area contributed by atoms with Gasteiger partial charge in [-0.3, -0.25) is 15.0 Å². The molecule has 2 aliphatic heterocycles. The second-order valence-corrected chi connectivity index (χ2v) is 8.87. The maximum atomic E-state index is 14.4. The highest BCUT2D eigenvalue weighted by molar-refractivity contribution is 5.44. The predicted molar refractivity (Wildman–Crippen MR) is 125 cm³/mol. The zero-order valence-electron chi connectivity index (χ0n) is 19.1. The number of anilines is 1. The quantitative estimate of drug-likeness (QED) is 0.362. The van der Waals surface area contributed by atoms with Gasteiger partial charge in [0.15, 0.2) is 11.6 Å². The number of rotatable bonds is 6. The van der Waals surface area contributed by atoms with Crippen LogP contribution in [0.2, 0.25) is 0 Å². The van der Waals surface area contributed by atoms with Crippen LogP contribution in [0.15, 0.2) is 42.5 Å². The highest BCUT2D eigenvalue weighted by atomic mass is 19.1. The lowest BCUT2D eigenvalue weighted by molar-refractivity contribution is -0.384. The van der Waals surface area contributed by atoms with E-state index in [2.05, 4.69) is 14.8 Å². The molecule has 0 radical (unpaired) electrons. The SMILES string of the molecule is O=[N+]([O-])c1cccc(CN2CCc3nc(N4CCCCC4)nc(Oc4ccc(F)cc4F)c3C2)c1. The third-order valence-electron chi connectivity index (χ3n) is 6.36. The number of halogens is 2. The Morgan fingerprint density at radius 3 is 2.63 bits per heavy atom. The van der Waals surface area contributed by atoms with Crippen molar-refractivity contribution < 1.29 is 18.4 Å². The summed E-state index contributed by atoms with van der Waals surface area (Å²) in [5.74, 6) is -0.775. The lowest BCUT2D eigenvalue weighted by Gasteiger charge is -2.32. The van der Waals surface area contributed by atoms with Crippen molar-refractivity contribution in [1.29, 1.82) is 0 Å². The van der Waals surface area contributed by atoms with Gasteiger partial charge in [-0.25, -0.2) is 13.8 Å². The molecule has 2 aromatic carbocycles. The van der Waals surface area contributed by atoms with Crippen molar-refractivity contribution in [2.24, 2.45) is 0 Å². The van der Waals surface area contributed by atoms with Crippen molar-refractivity contribution in [3.8, 4) is 11.6 Å². The lowest BCUT2D eigenvalue weighted by atomic mass is 10.1. The molecule has 5 rings (SSSR count). The second kappa shape index (κ2) is 9.91. The van der Waals surface area contributed by atoms with E-state index in [0.717, 1.165) is 61.3 Å². The molecule has 3 aromatic rings. The van der Waals surface area contributed by atoms with E-state index in [4.69, 9.17) is 9.72 Å². The first-order valence-electron chi connectivity index (χ1n) is 11.7. The van der Waals surface area contributed by atoms with Crippen molar-refractivity contribution >= 4 is 11.6 Å². The van der Waals surface area contributed by atoms with E-state index < -0.39 is 16.6 Å². The minimum absolute atomic E-state index is 0.0465. The molecule has 8 nitrogen and oxygen atoms in total. The Kier molecular flexibility index (Phi) is 6.54. The van der Waals surface area contributed by atoms with Gasteiger partial charge in [0.1, 0.15) is 5.82 Å². The largest absolute Gasteiger partial charge is 0.435 e. The summed E-state index contributed by atoms with van der Waals surface area (Å²) in [5.41, 5.74) is 2.45. The summed E-state index contributed by atoms with van der Waals surface area (Å²) in [6.07, 6.45) is 3.91. The van der Waals surface area contributed by atoms with Gasteiger partial charge in [-0.1, -0.05) is 12.1 Å². The minimum atomic E-state index is -0.804. The molecule has 35 heavy (non-hydrogen) atoms. The van der Waals surface area contributed by atoms with Crippen LogP contribution < -0.4 is 9.64 Å². The van der Waals surface area contributed by atoms with Gasteiger partial charge in [-0.05, 0) is 37.0 Å². The summed E-state index contributed by atoms with van der Waals surface area (Å²) in [5, 5.41) is 11.1. The van der Waals surface area contributed by atoms with Gasteiger partial charge in [0.25, 0.3) is 5.69 Å². The topological polar surface area (TPSA) is 84.6 Å². The molecule has 182 valence electrons. The fraction of sp³-hybridized carbons (Fsp3) is 0.360. The molecule has 0 bridgehead atoms. The number of aromatic nitrogens is 2. The highest BCUT2D eigenvalue weighted by Crippen LogP contribution is 2.33. The average Bonchev–Trinajstić information content (AvgIpc) is 2.86. The fourth-order valence-corrected chi connectivity index (χ4v) is 4.57. The number of fused-ring (bicyclic) bond motifs is 1. The Labute approximate surface area is 201 Å². The second-order valence-electron chi connectivity index (χ2n) is 8.87. The summed E-state index contributed by atoms with van der Waals surface area (Å²) >= 11 is 0. The summed E-state index contributed by atoms with van der Waals surface area (Å²) in [7, 11) is 0. The number of nitro groups is 1. The van der Waals surface area contributed by atoms with E-state index in [1.54, 1.807) is 12.1 Å². The molecule has 1 saturated heterocycles. The number of nitro benzene ring substituents is 1. The van der Waals surface area contributed by atoms with Gasteiger partial charge in [0.2, 0.25) is 11.8 Å². The van der Waals surface area contributed by atoms with Crippen LogP contribution in [0.25, 0.3) is 0 Å². The lowest BCUT2D eigenvalue weighted by Crippen LogP contribution is -2.34. The summed E-state index contributed by atoms with van der Waals surface area (Å²) < 4.78 is 33.7. The Balaban J connectivity index is 1.45. The summed E-state index contributed by atoms with van der Waals surface area (Å²) in [6, 6.07) is 9.73. The predicted octanol–water partition coefficient (Wildman–Crippen LogP) is 5.00. The molecule has 0 amide bonds. The average molecular weight is 482 g/mol. The number of benzene rings is 2. The number of piperidine rings is 1. The molecule has 0 aliphatic carbocycles. The fourth-order valence-electron chi connectivity index (χ4n) is 4.57. The molecule has 0 atom stereocenters. The van der Waals surface area contributed by atoms with E-state index in [-0.39, 0.29) is 17.3 Å². The monoisotopic (exact) mass is 481 g/mol. The summed E-state index contributed by atoms with van der Waals surface area (Å²) in [6.45, 7) is 3.34. The molecule has 1 aromatic heterocycles. The smallest absolute Gasteiger partial charge is 0.269 e. The summed E-state index contributed by atoms with van der Waals surface area (Å²) in [4.78, 5) is 24.5. The van der Waals surface area contributed by atoms with Crippen molar-refractivity contribution in [1.82, 2.24) is 14.9 Å².